The first kappa shape index (κ1) is 23.0. The standard InChI is InChI=1S/C22H30F3N3O/c1-6-7-8-9-12-16-13-10-11-14-18(16)28(5)19-17(22(23,24)25)15-26-20(27-19)29-21(2,3)4/h10-11,13-15H,6-9,12H2,1-5H3. The Kier molecular flexibility index (Phi) is 7.49. The van der Waals surface area contributed by atoms with Crippen molar-refractivity contribution in [1.29, 1.82) is 0 Å². The summed E-state index contributed by atoms with van der Waals surface area (Å²) in [5.41, 5.74) is 0.195. The van der Waals surface area contributed by atoms with E-state index in [-0.39, 0.29) is 11.8 Å². The smallest absolute Gasteiger partial charge is 0.421 e. The van der Waals surface area contributed by atoms with Crippen LogP contribution in [0.25, 0.3) is 0 Å². The number of ether oxygens (including phenoxy) is 1. The van der Waals surface area contributed by atoms with E-state index in [4.69, 9.17) is 4.74 Å². The number of halogens is 3. The van der Waals surface area contributed by atoms with Gasteiger partial charge in [-0.2, -0.15) is 18.2 Å². The molecule has 160 valence electrons. The molecule has 1 aromatic heterocycles. The lowest BCUT2D eigenvalue weighted by molar-refractivity contribution is -0.137. The van der Waals surface area contributed by atoms with Gasteiger partial charge < -0.3 is 9.64 Å². The Bertz CT molecular complexity index is 801. The molecule has 1 heterocycles. The third-order valence-corrected chi connectivity index (χ3v) is 4.42. The van der Waals surface area contributed by atoms with Gasteiger partial charge in [-0.25, -0.2) is 4.98 Å². The molecule has 0 fully saturated rings. The van der Waals surface area contributed by atoms with Crippen molar-refractivity contribution in [2.75, 3.05) is 11.9 Å². The van der Waals surface area contributed by atoms with Gasteiger partial charge in [0.25, 0.3) is 0 Å². The number of para-hydroxylation sites is 1. The van der Waals surface area contributed by atoms with Crippen molar-refractivity contribution in [3.63, 3.8) is 0 Å². The van der Waals surface area contributed by atoms with Gasteiger partial charge in [-0.05, 0) is 45.2 Å². The predicted molar refractivity (Wildman–Crippen MR) is 110 cm³/mol. The van der Waals surface area contributed by atoms with Crippen molar-refractivity contribution in [3.05, 3.63) is 41.6 Å². The number of unbranched alkanes of at least 4 members (excludes halogenated alkanes) is 3. The molecule has 0 saturated carbocycles. The molecule has 0 radical (unpaired) electrons. The largest absolute Gasteiger partial charge is 0.458 e. The van der Waals surface area contributed by atoms with Crippen molar-refractivity contribution in [2.45, 2.75) is 71.6 Å². The summed E-state index contributed by atoms with van der Waals surface area (Å²) in [5, 5.41) is 0. The Morgan fingerprint density at radius 1 is 1.03 bits per heavy atom. The molecule has 0 atom stereocenters. The Balaban J connectivity index is 2.43. The Morgan fingerprint density at radius 3 is 2.34 bits per heavy atom. The van der Waals surface area contributed by atoms with E-state index < -0.39 is 17.3 Å². The number of nitrogens with zero attached hydrogens (tertiary/aromatic N) is 3. The van der Waals surface area contributed by atoms with Gasteiger partial charge in [-0.3, -0.25) is 0 Å². The van der Waals surface area contributed by atoms with Crippen LogP contribution < -0.4 is 9.64 Å². The van der Waals surface area contributed by atoms with Gasteiger partial charge in [0.05, 0.1) is 0 Å². The predicted octanol–water partition coefficient (Wildman–Crippen LogP) is 6.56. The zero-order valence-electron chi connectivity index (χ0n) is 17.8. The summed E-state index contributed by atoms with van der Waals surface area (Å²) in [4.78, 5) is 9.39. The van der Waals surface area contributed by atoms with Gasteiger partial charge in [0.2, 0.25) is 0 Å². The molecule has 2 aromatic rings. The number of aromatic nitrogens is 2. The van der Waals surface area contributed by atoms with Gasteiger partial charge in [-0.1, -0.05) is 44.4 Å². The number of benzene rings is 1. The molecule has 0 N–H and O–H groups in total. The maximum atomic E-state index is 13.6. The number of hydrogen-bond donors (Lipinski definition) is 0. The molecule has 0 spiro atoms. The van der Waals surface area contributed by atoms with E-state index in [1.54, 1.807) is 27.8 Å². The molecule has 2 rings (SSSR count). The van der Waals surface area contributed by atoms with Crippen molar-refractivity contribution in [1.82, 2.24) is 9.97 Å². The van der Waals surface area contributed by atoms with Crippen LogP contribution in [0.15, 0.2) is 30.5 Å². The van der Waals surface area contributed by atoms with Gasteiger partial charge in [0.15, 0.2) is 5.82 Å². The first-order valence-corrected chi connectivity index (χ1v) is 9.98. The Labute approximate surface area is 171 Å². The van der Waals surface area contributed by atoms with E-state index in [9.17, 15) is 13.2 Å². The highest BCUT2D eigenvalue weighted by atomic mass is 19.4. The van der Waals surface area contributed by atoms with Gasteiger partial charge in [-0.15, -0.1) is 0 Å². The molecule has 29 heavy (non-hydrogen) atoms. The maximum absolute atomic E-state index is 13.6. The molecule has 4 nitrogen and oxygen atoms in total. The molecule has 0 aliphatic carbocycles. The molecule has 7 heteroatoms. The molecular weight excluding hydrogens is 379 g/mol. The van der Waals surface area contributed by atoms with Gasteiger partial charge in [0.1, 0.15) is 11.2 Å². The maximum Gasteiger partial charge on any atom is 0.421 e. The van der Waals surface area contributed by atoms with Crippen molar-refractivity contribution >= 4 is 11.5 Å². The normalized spacial score (nSPS) is 12.1. The van der Waals surface area contributed by atoms with Crippen LogP contribution in [0, 0.1) is 0 Å². The lowest BCUT2D eigenvalue weighted by atomic mass is 10.0. The molecule has 0 aliphatic heterocycles. The first-order chi connectivity index (χ1) is 13.5. The number of aryl methyl sites for hydroxylation is 1. The Hall–Kier alpha value is -2.31. The summed E-state index contributed by atoms with van der Waals surface area (Å²) in [5.74, 6) is -0.215. The van der Waals surface area contributed by atoms with Crippen molar-refractivity contribution in [3.8, 4) is 6.01 Å². The van der Waals surface area contributed by atoms with E-state index in [2.05, 4.69) is 16.9 Å². The first-order valence-electron chi connectivity index (χ1n) is 9.98. The minimum Gasteiger partial charge on any atom is -0.458 e. The Morgan fingerprint density at radius 2 is 1.72 bits per heavy atom. The monoisotopic (exact) mass is 409 g/mol. The average molecular weight is 409 g/mol. The third-order valence-electron chi connectivity index (χ3n) is 4.42. The number of hydrogen-bond acceptors (Lipinski definition) is 4. The molecule has 0 aliphatic rings. The fourth-order valence-corrected chi connectivity index (χ4v) is 3.04. The van der Waals surface area contributed by atoms with Gasteiger partial charge >= 0.3 is 12.2 Å². The molecule has 0 unspecified atom stereocenters. The van der Waals surface area contributed by atoms with Crippen LogP contribution in [0.4, 0.5) is 24.7 Å². The molecule has 1 aromatic carbocycles. The minimum absolute atomic E-state index is 0.0761. The van der Waals surface area contributed by atoms with E-state index >= 15 is 0 Å². The average Bonchev–Trinajstić information content (AvgIpc) is 2.63. The summed E-state index contributed by atoms with van der Waals surface area (Å²) >= 11 is 0. The highest BCUT2D eigenvalue weighted by Gasteiger charge is 2.37. The zero-order chi connectivity index (χ0) is 21.7. The summed E-state index contributed by atoms with van der Waals surface area (Å²) in [6, 6.07) is 7.43. The fourth-order valence-electron chi connectivity index (χ4n) is 3.04. The summed E-state index contributed by atoms with van der Waals surface area (Å²) in [6.07, 6.45) is 1.40. The van der Waals surface area contributed by atoms with Crippen LogP contribution in [-0.2, 0) is 12.6 Å². The molecule has 0 bridgehead atoms. The lowest BCUT2D eigenvalue weighted by Gasteiger charge is -2.26. The highest BCUT2D eigenvalue weighted by Crippen LogP contribution is 2.39. The third kappa shape index (κ3) is 6.61. The SMILES string of the molecule is CCCCCCc1ccccc1N(C)c1nc(OC(C)(C)C)ncc1C(F)(F)F. The molecular formula is C22H30F3N3O. The summed E-state index contributed by atoms with van der Waals surface area (Å²) in [7, 11) is 1.60. The lowest BCUT2D eigenvalue weighted by Crippen LogP contribution is -2.26. The second kappa shape index (κ2) is 9.46. The second-order valence-corrected chi connectivity index (χ2v) is 8.10. The second-order valence-electron chi connectivity index (χ2n) is 8.10. The topological polar surface area (TPSA) is 38.2 Å². The fraction of sp³-hybridized carbons (Fsp3) is 0.545. The quantitative estimate of drug-likeness (QED) is 0.463. The number of anilines is 2. The van der Waals surface area contributed by atoms with Crippen molar-refractivity contribution < 1.29 is 17.9 Å². The van der Waals surface area contributed by atoms with E-state index in [1.165, 1.54) is 4.90 Å². The zero-order valence-corrected chi connectivity index (χ0v) is 17.8. The van der Waals surface area contributed by atoms with E-state index in [1.807, 2.05) is 24.3 Å². The molecule has 0 amide bonds. The van der Waals surface area contributed by atoms with E-state index in [0.29, 0.717) is 5.69 Å². The number of rotatable bonds is 8. The van der Waals surface area contributed by atoms with Crippen molar-refractivity contribution in [2.24, 2.45) is 0 Å². The van der Waals surface area contributed by atoms with Crippen LogP contribution in [0.3, 0.4) is 0 Å². The van der Waals surface area contributed by atoms with E-state index in [0.717, 1.165) is 43.9 Å². The summed E-state index contributed by atoms with van der Waals surface area (Å²) in [6.45, 7) is 7.53. The highest BCUT2D eigenvalue weighted by molar-refractivity contribution is 5.66. The van der Waals surface area contributed by atoms with Crippen LogP contribution in [0.2, 0.25) is 0 Å². The van der Waals surface area contributed by atoms with Crippen LogP contribution >= 0.6 is 0 Å². The minimum atomic E-state index is -4.57. The van der Waals surface area contributed by atoms with Gasteiger partial charge in [0, 0.05) is 18.9 Å². The summed E-state index contributed by atoms with van der Waals surface area (Å²) < 4.78 is 46.5. The van der Waals surface area contributed by atoms with Crippen LogP contribution in [-0.4, -0.2) is 22.6 Å². The van der Waals surface area contributed by atoms with Crippen LogP contribution in [0.1, 0.15) is 64.5 Å². The molecule has 0 saturated heterocycles. The number of alkyl halides is 3. The van der Waals surface area contributed by atoms with Crippen LogP contribution in [0.5, 0.6) is 6.01 Å².